The zero-order valence-corrected chi connectivity index (χ0v) is 11.8. The van der Waals surface area contributed by atoms with E-state index < -0.39 is 11.9 Å². The Kier molecular flexibility index (Phi) is 5.39. The Morgan fingerprint density at radius 1 is 1.11 bits per heavy atom. The highest BCUT2D eigenvalue weighted by atomic mass is 19.4. The Hall–Kier alpha value is -1.06. The molecule has 0 saturated carbocycles. The minimum absolute atomic E-state index is 0.0771. The van der Waals surface area contributed by atoms with Gasteiger partial charge in [-0.05, 0) is 29.9 Å². The lowest BCUT2D eigenvalue weighted by Crippen LogP contribution is -2.21. The smallest absolute Gasteiger partial charge is 0.251 e. The van der Waals surface area contributed by atoms with Crippen molar-refractivity contribution in [1.29, 1.82) is 0 Å². The molecule has 0 saturated heterocycles. The fourth-order valence-electron chi connectivity index (χ4n) is 2.21. The molecule has 0 aromatic carbocycles. The van der Waals surface area contributed by atoms with Crippen LogP contribution in [-0.2, 0) is 11.6 Å². The topological polar surface area (TPSA) is 12.9 Å². The lowest BCUT2D eigenvalue weighted by atomic mass is 9.76. The van der Waals surface area contributed by atoms with Gasteiger partial charge in [-0.1, -0.05) is 46.1 Å². The highest BCUT2D eigenvalue weighted by Gasteiger charge is 2.33. The number of rotatable bonds is 6. The summed E-state index contributed by atoms with van der Waals surface area (Å²) in [4.78, 5) is 3.57. The van der Waals surface area contributed by atoms with Gasteiger partial charge in [-0.3, -0.25) is 4.98 Å². The summed E-state index contributed by atoms with van der Waals surface area (Å²) in [6.07, 6.45) is 2.33. The molecular weight excluding hydrogens is 251 g/mol. The Morgan fingerprint density at radius 3 is 2.21 bits per heavy atom. The third-order valence-corrected chi connectivity index (χ3v) is 3.86. The number of aromatic nitrogens is 1. The van der Waals surface area contributed by atoms with Gasteiger partial charge in [0.05, 0.1) is 0 Å². The highest BCUT2D eigenvalue weighted by molar-refractivity contribution is 5.24. The van der Waals surface area contributed by atoms with Gasteiger partial charge in [0.15, 0.2) is 0 Å². The summed E-state index contributed by atoms with van der Waals surface area (Å²) >= 11 is 0. The molecule has 0 amide bonds. The van der Waals surface area contributed by atoms with Gasteiger partial charge >= 0.3 is 6.18 Å². The average Bonchev–Trinajstić information content (AvgIpc) is 2.38. The van der Waals surface area contributed by atoms with Crippen molar-refractivity contribution < 1.29 is 13.2 Å². The maximum atomic E-state index is 12.5. The first-order valence-electron chi connectivity index (χ1n) is 6.87. The standard InChI is InChI=1S/C15H22F3N/c1-4-6-7-10-14(3,5-2)12-8-9-13(19-11-12)15(16,17)18/h8-9,11H,4-7,10H2,1-3H3. The Bertz CT molecular complexity index is 383. The maximum absolute atomic E-state index is 12.5. The number of nitrogens with zero attached hydrogens (tertiary/aromatic N) is 1. The third kappa shape index (κ3) is 4.22. The molecule has 0 fully saturated rings. The van der Waals surface area contributed by atoms with Crippen LogP contribution in [0.15, 0.2) is 18.3 Å². The van der Waals surface area contributed by atoms with Crippen LogP contribution in [0.25, 0.3) is 0 Å². The Morgan fingerprint density at radius 2 is 1.79 bits per heavy atom. The van der Waals surface area contributed by atoms with Crippen LogP contribution in [0.2, 0.25) is 0 Å². The first kappa shape index (κ1) is 16.0. The molecule has 1 aromatic rings. The van der Waals surface area contributed by atoms with E-state index in [1.165, 1.54) is 6.20 Å². The number of pyridine rings is 1. The number of hydrogen-bond acceptors (Lipinski definition) is 1. The van der Waals surface area contributed by atoms with Crippen molar-refractivity contribution in [3.63, 3.8) is 0 Å². The summed E-state index contributed by atoms with van der Waals surface area (Å²) in [6.45, 7) is 6.32. The number of halogens is 3. The van der Waals surface area contributed by atoms with Gasteiger partial charge in [-0.25, -0.2) is 0 Å². The average molecular weight is 273 g/mol. The lowest BCUT2D eigenvalue weighted by molar-refractivity contribution is -0.141. The molecule has 1 nitrogen and oxygen atoms in total. The molecule has 0 bridgehead atoms. The molecule has 0 radical (unpaired) electrons. The molecule has 4 heteroatoms. The predicted octanol–water partition coefficient (Wildman–Crippen LogP) is 5.35. The van der Waals surface area contributed by atoms with Crippen LogP contribution in [0.5, 0.6) is 0 Å². The van der Waals surface area contributed by atoms with E-state index in [1.54, 1.807) is 6.07 Å². The Labute approximate surface area is 113 Å². The summed E-state index contributed by atoms with van der Waals surface area (Å²) in [6, 6.07) is 2.66. The summed E-state index contributed by atoms with van der Waals surface area (Å²) in [5.41, 5.74) is 0.00844. The van der Waals surface area contributed by atoms with E-state index in [-0.39, 0.29) is 5.41 Å². The molecule has 1 rings (SSSR count). The SMILES string of the molecule is CCCCCC(C)(CC)c1ccc(C(F)(F)F)nc1. The fourth-order valence-corrected chi connectivity index (χ4v) is 2.21. The van der Waals surface area contributed by atoms with Crippen molar-refractivity contribution in [3.8, 4) is 0 Å². The van der Waals surface area contributed by atoms with Crippen molar-refractivity contribution in [2.45, 2.75) is 64.5 Å². The molecule has 1 heterocycles. The van der Waals surface area contributed by atoms with Crippen molar-refractivity contribution in [2.24, 2.45) is 0 Å². The lowest BCUT2D eigenvalue weighted by Gasteiger charge is -2.29. The summed E-state index contributed by atoms with van der Waals surface area (Å²) in [7, 11) is 0. The summed E-state index contributed by atoms with van der Waals surface area (Å²) in [5, 5.41) is 0. The van der Waals surface area contributed by atoms with E-state index >= 15 is 0 Å². The minimum Gasteiger partial charge on any atom is -0.251 e. The van der Waals surface area contributed by atoms with Crippen LogP contribution in [0, 0.1) is 0 Å². The van der Waals surface area contributed by atoms with Gasteiger partial charge in [-0.2, -0.15) is 13.2 Å². The van der Waals surface area contributed by atoms with Gasteiger partial charge in [0.1, 0.15) is 5.69 Å². The Balaban J connectivity index is 2.87. The van der Waals surface area contributed by atoms with Crippen LogP contribution in [0.1, 0.15) is 64.1 Å². The second-order valence-electron chi connectivity index (χ2n) is 5.30. The quantitative estimate of drug-likeness (QED) is 0.637. The number of hydrogen-bond donors (Lipinski definition) is 0. The van der Waals surface area contributed by atoms with Crippen LogP contribution >= 0.6 is 0 Å². The largest absolute Gasteiger partial charge is 0.433 e. The van der Waals surface area contributed by atoms with E-state index in [4.69, 9.17) is 0 Å². The van der Waals surface area contributed by atoms with Crippen molar-refractivity contribution in [3.05, 3.63) is 29.6 Å². The molecule has 0 spiro atoms. The second-order valence-corrected chi connectivity index (χ2v) is 5.30. The van der Waals surface area contributed by atoms with E-state index in [0.717, 1.165) is 43.7 Å². The molecular formula is C15H22F3N. The van der Waals surface area contributed by atoms with E-state index in [1.807, 2.05) is 0 Å². The molecule has 0 aliphatic carbocycles. The van der Waals surface area contributed by atoms with E-state index in [9.17, 15) is 13.2 Å². The van der Waals surface area contributed by atoms with Gasteiger partial charge in [-0.15, -0.1) is 0 Å². The highest BCUT2D eigenvalue weighted by Crippen LogP contribution is 2.34. The first-order valence-corrected chi connectivity index (χ1v) is 6.87. The summed E-state index contributed by atoms with van der Waals surface area (Å²) in [5.74, 6) is 0. The monoisotopic (exact) mass is 273 g/mol. The summed E-state index contributed by atoms with van der Waals surface area (Å²) < 4.78 is 37.5. The van der Waals surface area contributed by atoms with Crippen molar-refractivity contribution in [1.82, 2.24) is 4.98 Å². The van der Waals surface area contributed by atoms with Crippen LogP contribution in [0.3, 0.4) is 0 Å². The predicted molar refractivity (Wildman–Crippen MR) is 71.0 cm³/mol. The van der Waals surface area contributed by atoms with Crippen LogP contribution in [-0.4, -0.2) is 4.98 Å². The van der Waals surface area contributed by atoms with Gasteiger partial charge in [0.2, 0.25) is 0 Å². The van der Waals surface area contributed by atoms with E-state index in [2.05, 4.69) is 25.8 Å². The molecule has 1 atom stereocenters. The van der Waals surface area contributed by atoms with Gasteiger partial charge in [0, 0.05) is 6.20 Å². The second kappa shape index (κ2) is 6.40. The molecule has 1 aromatic heterocycles. The number of unbranched alkanes of at least 4 members (excludes halogenated alkanes) is 2. The van der Waals surface area contributed by atoms with Crippen LogP contribution in [0.4, 0.5) is 13.2 Å². The number of alkyl halides is 3. The first-order chi connectivity index (χ1) is 8.83. The third-order valence-electron chi connectivity index (χ3n) is 3.86. The maximum Gasteiger partial charge on any atom is 0.433 e. The van der Waals surface area contributed by atoms with Crippen molar-refractivity contribution in [2.75, 3.05) is 0 Å². The zero-order chi connectivity index (χ0) is 14.5. The normalized spacial score (nSPS) is 15.3. The van der Waals surface area contributed by atoms with Crippen molar-refractivity contribution >= 4 is 0 Å². The van der Waals surface area contributed by atoms with Gasteiger partial charge < -0.3 is 0 Å². The zero-order valence-electron chi connectivity index (χ0n) is 11.8. The molecule has 108 valence electrons. The molecule has 0 N–H and O–H groups in total. The molecule has 0 aliphatic rings. The van der Waals surface area contributed by atoms with Crippen LogP contribution < -0.4 is 0 Å². The molecule has 19 heavy (non-hydrogen) atoms. The minimum atomic E-state index is -4.36. The fraction of sp³-hybridized carbons (Fsp3) is 0.667. The van der Waals surface area contributed by atoms with E-state index in [0.29, 0.717) is 0 Å². The van der Waals surface area contributed by atoms with Gasteiger partial charge in [0.25, 0.3) is 0 Å². The molecule has 0 aliphatic heterocycles. The molecule has 1 unspecified atom stereocenters.